The molecule has 1 heterocycles. The molecule has 0 saturated carbocycles. The molecular weight excluding hydrogens is 206 g/mol. The van der Waals surface area contributed by atoms with Crippen LogP contribution in [0.4, 0.5) is 0 Å². The predicted molar refractivity (Wildman–Crippen MR) is 59.6 cm³/mol. The largest absolute Gasteiger partial charge is 0.504 e. The molecule has 0 aliphatic carbocycles. The van der Waals surface area contributed by atoms with Gasteiger partial charge in [-0.25, -0.2) is 0 Å². The highest BCUT2D eigenvalue weighted by Crippen LogP contribution is 2.34. The highest BCUT2D eigenvalue weighted by molar-refractivity contribution is 5.45. The van der Waals surface area contributed by atoms with Gasteiger partial charge in [-0.3, -0.25) is 0 Å². The number of hydrogen-bond donors (Lipinski definition) is 3. The van der Waals surface area contributed by atoms with Crippen molar-refractivity contribution in [2.45, 2.75) is 12.8 Å². The second kappa shape index (κ2) is 3.81. The number of hydrogen-bond acceptors (Lipinski definition) is 4. The first-order valence-electron chi connectivity index (χ1n) is 4.90. The lowest BCUT2D eigenvalue weighted by Gasteiger charge is -2.19. The third kappa shape index (κ3) is 1.82. The van der Waals surface area contributed by atoms with Gasteiger partial charge in [0.1, 0.15) is 0 Å². The van der Waals surface area contributed by atoms with E-state index < -0.39 is 0 Å². The van der Waals surface area contributed by atoms with Crippen LogP contribution in [0.25, 0.3) is 0 Å². The number of allylic oxidation sites excluding steroid dienone is 2. The fourth-order valence-electron chi connectivity index (χ4n) is 1.66. The van der Waals surface area contributed by atoms with Crippen molar-refractivity contribution in [3.63, 3.8) is 0 Å². The van der Waals surface area contributed by atoms with E-state index in [1.54, 1.807) is 18.4 Å². The molecule has 4 nitrogen and oxygen atoms in total. The quantitative estimate of drug-likeness (QED) is 0.631. The minimum atomic E-state index is -0.135. The Hall–Kier alpha value is -2.10. The smallest absolute Gasteiger partial charge is 0.186 e. The monoisotopic (exact) mass is 219 g/mol. The van der Waals surface area contributed by atoms with Crippen LogP contribution in [0.2, 0.25) is 0 Å². The highest BCUT2D eigenvalue weighted by Gasteiger charge is 2.17. The Morgan fingerprint density at radius 3 is 2.69 bits per heavy atom. The van der Waals surface area contributed by atoms with Gasteiger partial charge >= 0.3 is 0 Å². The average Bonchev–Trinajstić information content (AvgIpc) is 2.26. The number of aromatic hydroxyl groups is 2. The van der Waals surface area contributed by atoms with Gasteiger partial charge in [-0.15, -0.1) is 0 Å². The zero-order chi connectivity index (χ0) is 11.7. The maximum atomic E-state index is 9.43. The molecule has 0 bridgehead atoms. The summed E-state index contributed by atoms with van der Waals surface area (Å²) in [6, 6.07) is 4.72. The second-order valence-electron chi connectivity index (χ2n) is 3.77. The normalized spacial score (nSPS) is 19.7. The first kappa shape index (κ1) is 10.4. The van der Waals surface area contributed by atoms with Crippen molar-refractivity contribution in [2.24, 2.45) is 5.73 Å². The third-order valence-corrected chi connectivity index (χ3v) is 2.56. The Balaban J connectivity index is 2.39. The molecule has 1 aromatic carbocycles. The van der Waals surface area contributed by atoms with Gasteiger partial charge in [0.25, 0.3) is 0 Å². The van der Waals surface area contributed by atoms with Crippen LogP contribution in [0.15, 0.2) is 42.0 Å². The number of ether oxygens (including phenoxy) is 1. The zero-order valence-corrected chi connectivity index (χ0v) is 8.84. The molecule has 1 unspecified atom stereocenters. The minimum Gasteiger partial charge on any atom is -0.504 e. The van der Waals surface area contributed by atoms with E-state index >= 15 is 0 Å². The van der Waals surface area contributed by atoms with Crippen molar-refractivity contribution in [2.75, 3.05) is 0 Å². The van der Waals surface area contributed by atoms with Crippen molar-refractivity contribution in [1.29, 1.82) is 0 Å². The standard InChI is InChI=1S/C12H13NO3/c1-7-6-16-12(13)5-9(7)8-2-3-10(14)11(15)4-8/h2-6,9,14-15H,13H2,1H3. The Kier molecular flexibility index (Phi) is 2.48. The predicted octanol–water partition coefficient (Wildman–Crippen LogP) is 1.92. The van der Waals surface area contributed by atoms with E-state index in [9.17, 15) is 10.2 Å². The first-order valence-corrected chi connectivity index (χ1v) is 4.90. The molecule has 0 saturated heterocycles. The van der Waals surface area contributed by atoms with Gasteiger partial charge in [-0.05, 0) is 36.3 Å². The maximum Gasteiger partial charge on any atom is 0.186 e. The first-order chi connectivity index (χ1) is 7.58. The molecule has 0 aromatic heterocycles. The SMILES string of the molecule is CC1=COC(N)=CC1c1ccc(O)c(O)c1. The average molecular weight is 219 g/mol. The molecule has 1 aliphatic rings. The summed E-state index contributed by atoms with van der Waals surface area (Å²) in [5.41, 5.74) is 7.42. The molecule has 4 N–H and O–H groups in total. The van der Waals surface area contributed by atoms with E-state index in [2.05, 4.69) is 0 Å². The molecule has 0 fully saturated rings. The molecule has 1 aromatic rings. The Labute approximate surface area is 93.3 Å². The summed E-state index contributed by atoms with van der Waals surface area (Å²) in [7, 11) is 0. The molecular formula is C12H13NO3. The van der Waals surface area contributed by atoms with Gasteiger partial charge < -0.3 is 20.7 Å². The summed E-state index contributed by atoms with van der Waals surface area (Å²) in [5.74, 6) is 0.0431. The number of rotatable bonds is 1. The lowest BCUT2D eigenvalue weighted by atomic mass is 9.91. The summed E-state index contributed by atoms with van der Waals surface area (Å²) in [6.07, 6.45) is 3.35. The lowest BCUT2D eigenvalue weighted by Crippen LogP contribution is -2.09. The van der Waals surface area contributed by atoms with E-state index in [4.69, 9.17) is 10.5 Å². The fraction of sp³-hybridized carbons (Fsp3) is 0.167. The molecule has 84 valence electrons. The van der Waals surface area contributed by atoms with Crippen LogP contribution in [0, 0.1) is 0 Å². The summed E-state index contributed by atoms with van der Waals surface area (Å²) in [5, 5.41) is 18.7. The van der Waals surface area contributed by atoms with Gasteiger partial charge in [0.15, 0.2) is 17.4 Å². The molecule has 0 spiro atoms. The van der Waals surface area contributed by atoms with Crippen molar-refractivity contribution in [3.05, 3.63) is 47.6 Å². The molecule has 4 heteroatoms. The molecule has 1 aliphatic heterocycles. The molecule has 2 rings (SSSR count). The van der Waals surface area contributed by atoms with Crippen LogP contribution < -0.4 is 5.73 Å². The second-order valence-corrected chi connectivity index (χ2v) is 3.77. The van der Waals surface area contributed by atoms with Gasteiger partial charge in [-0.2, -0.15) is 0 Å². The number of phenolic OH excluding ortho intramolecular Hbond substituents is 2. The number of nitrogens with two attached hydrogens (primary N) is 1. The molecule has 1 atom stereocenters. The van der Waals surface area contributed by atoms with Crippen LogP contribution in [0.5, 0.6) is 11.5 Å². The van der Waals surface area contributed by atoms with Crippen LogP contribution in [0.1, 0.15) is 18.4 Å². The van der Waals surface area contributed by atoms with Crippen molar-refractivity contribution < 1.29 is 14.9 Å². The van der Waals surface area contributed by atoms with E-state index in [-0.39, 0.29) is 17.4 Å². The van der Waals surface area contributed by atoms with E-state index in [0.717, 1.165) is 11.1 Å². The summed E-state index contributed by atoms with van der Waals surface area (Å²) in [6.45, 7) is 1.91. The Morgan fingerprint density at radius 1 is 1.25 bits per heavy atom. The summed E-state index contributed by atoms with van der Waals surface area (Å²) < 4.78 is 5.06. The van der Waals surface area contributed by atoms with Crippen LogP contribution in [0.3, 0.4) is 0 Å². The van der Waals surface area contributed by atoms with Crippen molar-refractivity contribution in [1.82, 2.24) is 0 Å². The number of benzene rings is 1. The van der Waals surface area contributed by atoms with E-state index in [1.807, 2.05) is 6.92 Å². The Morgan fingerprint density at radius 2 is 2.00 bits per heavy atom. The van der Waals surface area contributed by atoms with Gasteiger partial charge in [0, 0.05) is 5.92 Å². The van der Waals surface area contributed by atoms with Gasteiger partial charge in [0.05, 0.1) is 6.26 Å². The van der Waals surface area contributed by atoms with Gasteiger partial charge in [-0.1, -0.05) is 6.07 Å². The maximum absolute atomic E-state index is 9.43. The van der Waals surface area contributed by atoms with Crippen LogP contribution in [-0.4, -0.2) is 10.2 Å². The minimum absolute atomic E-state index is 0.0275. The summed E-state index contributed by atoms with van der Waals surface area (Å²) >= 11 is 0. The van der Waals surface area contributed by atoms with E-state index in [1.165, 1.54) is 12.1 Å². The zero-order valence-electron chi connectivity index (χ0n) is 8.84. The lowest BCUT2D eigenvalue weighted by molar-refractivity contribution is 0.328. The third-order valence-electron chi connectivity index (χ3n) is 2.56. The van der Waals surface area contributed by atoms with Crippen LogP contribution >= 0.6 is 0 Å². The van der Waals surface area contributed by atoms with Gasteiger partial charge in [0.2, 0.25) is 0 Å². The van der Waals surface area contributed by atoms with Crippen molar-refractivity contribution >= 4 is 0 Å². The Bertz CT molecular complexity index is 477. The fourth-order valence-corrected chi connectivity index (χ4v) is 1.66. The molecule has 0 amide bonds. The van der Waals surface area contributed by atoms with Crippen LogP contribution in [-0.2, 0) is 4.74 Å². The van der Waals surface area contributed by atoms with E-state index in [0.29, 0.717) is 5.88 Å². The molecule has 16 heavy (non-hydrogen) atoms. The topological polar surface area (TPSA) is 75.7 Å². The molecule has 0 radical (unpaired) electrons. The van der Waals surface area contributed by atoms with Crippen molar-refractivity contribution in [3.8, 4) is 11.5 Å². The highest BCUT2D eigenvalue weighted by atomic mass is 16.5. The number of phenols is 2. The summed E-state index contributed by atoms with van der Waals surface area (Å²) in [4.78, 5) is 0.